The van der Waals surface area contributed by atoms with Gasteiger partial charge >= 0.3 is 0 Å². The van der Waals surface area contributed by atoms with E-state index in [2.05, 4.69) is 5.32 Å². The van der Waals surface area contributed by atoms with Gasteiger partial charge in [-0.2, -0.15) is 4.31 Å². The molecule has 2 saturated heterocycles. The lowest BCUT2D eigenvalue weighted by molar-refractivity contribution is 0.251. The van der Waals surface area contributed by atoms with Gasteiger partial charge in [-0.25, -0.2) is 12.8 Å². The zero-order valence-corrected chi connectivity index (χ0v) is 13.6. The minimum atomic E-state index is -3.70. The second-order valence-electron chi connectivity index (χ2n) is 6.08. The molecule has 2 heterocycles. The molecule has 2 unspecified atom stereocenters. The molecule has 2 atom stereocenters. The maximum Gasteiger partial charge on any atom is 0.243 e. The summed E-state index contributed by atoms with van der Waals surface area (Å²) in [4.78, 5) is -0.0285. The number of nitrogens with one attached hydrogen (secondary N) is 1. The molecule has 2 aliphatic heterocycles. The molecule has 0 spiro atoms. The number of fused-ring (bicyclic) bond motifs is 2. The van der Waals surface area contributed by atoms with Crippen LogP contribution in [0.25, 0.3) is 0 Å². The molecule has 0 aromatic heterocycles. The summed E-state index contributed by atoms with van der Waals surface area (Å²) in [5.41, 5.74) is 0. The van der Waals surface area contributed by atoms with E-state index in [0.29, 0.717) is 12.1 Å². The minimum Gasteiger partial charge on any atom is -0.494 e. The van der Waals surface area contributed by atoms with Crippen LogP contribution in [0.2, 0.25) is 0 Å². The van der Waals surface area contributed by atoms with Crippen molar-refractivity contribution < 1.29 is 17.5 Å². The van der Waals surface area contributed by atoms with E-state index in [1.54, 1.807) is 7.05 Å². The normalized spacial score (nSPS) is 28.1. The SMILES string of the molecule is COc1ccc(S(=O)(=O)N(C)C2CC3CCC(C2)N3)cc1F. The topological polar surface area (TPSA) is 58.6 Å². The molecule has 0 radical (unpaired) electrons. The summed E-state index contributed by atoms with van der Waals surface area (Å²) in [6.45, 7) is 0. The summed E-state index contributed by atoms with van der Waals surface area (Å²) in [7, 11) is -0.754. The number of hydrogen-bond donors (Lipinski definition) is 1. The molecule has 2 aliphatic rings. The second-order valence-corrected chi connectivity index (χ2v) is 8.08. The highest BCUT2D eigenvalue weighted by Gasteiger charge is 2.38. The molecule has 22 heavy (non-hydrogen) atoms. The van der Waals surface area contributed by atoms with E-state index in [4.69, 9.17) is 4.74 Å². The summed E-state index contributed by atoms with van der Waals surface area (Å²) in [6, 6.07) is 4.53. The van der Waals surface area contributed by atoms with Crippen LogP contribution < -0.4 is 10.1 Å². The largest absolute Gasteiger partial charge is 0.494 e. The van der Waals surface area contributed by atoms with E-state index in [1.165, 1.54) is 23.5 Å². The van der Waals surface area contributed by atoms with Crippen LogP contribution in [0.3, 0.4) is 0 Å². The third kappa shape index (κ3) is 2.73. The summed E-state index contributed by atoms with van der Waals surface area (Å²) in [5.74, 6) is -0.621. The van der Waals surface area contributed by atoms with Crippen LogP contribution >= 0.6 is 0 Å². The van der Waals surface area contributed by atoms with E-state index in [9.17, 15) is 12.8 Å². The van der Waals surface area contributed by atoms with Gasteiger partial charge in [-0.3, -0.25) is 0 Å². The number of nitrogens with zero attached hydrogens (tertiary/aromatic N) is 1. The van der Waals surface area contributed by atoms with Crippen LogP contribution in [0.5, 0.6) is 5.75 Å². The number of methoxy groups -OCH3 is 1. The average Bonchev–Trinajstić information content (AvgIpc) is 2.84. The predicted molar refractivity (Wildman–Crippen MR) is 80.9 cm³/mol. The number of halogens is 1. The Morgan fingerprint density at radius 3 is 2.45 bits per heavy atom. The Bertz CT molecular complexity index is 653. The Hall–Kier alpha value is -1.18. The Balaban J connectivity index is 1.84. The van der Waals surface area contributed by atoms with Crippen LogP contribution in [-0.2, 0) is 10.0 Å². The standard InChI is InChI=1S/C15H21FN2O3S/c1-18(12-7-10-3-4-11(8-12)17-10)22(19,20)13-5-6-15(21-2)14(16)9-13/h5-6,9-12,17H,3-4,7-8H2,1-2H3. The highest BCUT2D eigenvalue weighted by Crippen LogP contribution is 2.32. The molecule has 2 fully saturated rings. The zero-order valence-electron chi connectivity index (χ0n) is 12.8. The first-order chi connectivity index (χ1) is 10.4. The number of ether oxygens (including phenoxy) is 1. The Labute approximate surface area is 130 Å². The molecule has 122 valence electrons. The molecule has 1 N–H and O–H groups in total. The molecule has 1 aromatic carbocycles. The van der Waals surface area contributed by atoms with Crippen molar-refractivity contribution in [1.29, 1.82) is 0 Å². The molecule has 0 aliphatic carbocycles. The number of sulfonamides is 1. The van der Waals surface area contributed by atoms with Gasteiger partial charge in [0.2, 0.25) is 10.0 Å². The van der Waals surface area contributed by atoms with Crippen molar-refractivity contribution in [2.24, 2.45) is 0 Å². The molecule has 0 amide bonds. The zero-order chi connectivity index (χ0) is 15.9. The van der Waals surface area contributed by atoms with Gasteiger partial charge in [0.05, 0.1) is 12.0 Å². The lowest BCUT2D eigenvalue weighted by atomic mass is 10.0. The van der Waals surface area contributed by atoms with Crippen LogP contribution in [0.15, 0.2) is 23.1 Å². The van der Waals surface area contributed by atoms with Gasteiger partial charge in [0.25, 0.3) is 0 Å². The van der Waals surface area contributed by atoms with E-state index in [-0.39, 0.29) is 16.7 Å². The maximum atomic E-state index is 13.8. The van der Waals surface area contributed by atoms with Crippen molar-refractivity contribution in [3.05, 3.63) is 24.0 Å². The number of benzene rings is 1. The Morgan fingerprint density at radius 2 is 1.91 bits per heavy atom. The predicted octanol–water partition coefficient (Wildman–Crippen LogP) is 1.74. The smallest absolute Gasteiger partial charge is 0.243 e. The first kappa shape index (κ1) is 15.7. The summed E-state index contributed by atoms with van der Waals surface area (Å²) in [5, 5.41) is 3.49. The van der Waals surface area contributed by atoms with Crippen molar-refractivity contribution in [3.8, 4) is 5.75 Å². The first-order valence-electron chi connectivity index (χ1n) is 7.49. The second kappa shape index (κ2) is 5.79. The molecule has 7 heteroatoms. The number of piperidine rings is 1. The van der Waals surface area contributed by atoms with E-state index in [1.807, 2.05) is 0 Å². The van der Waals surface area contributed by atoms with Gasteiger partial charge in [0.15, 0.2) is 11.6 Å². The van der Waals surface area contributed by atoms with Crippen molar-refractivity contribution >= 4 is 10.0 Å². The van der Waals surface area contributed by atoms with E-state index >= 15 is 0 Å². The first-order valence-corrected chi connectivity index (χ1v) is 8.93. The fourth-order valence-electron chi connectivity index (χ4n) is 3.49. The van der Waals surface area contributed by atoms with Gasteiger partial charge in [0, 0.05) is 25.2 Å². The third-order valence-corrected chi connectivity index (χ3v) is 6.67. The minimum absolute atomic E-state index is 0.0285. The summed E-state index contributed by atoms with van der Waals surface area (Å²) < 4.78 is 45.5. The van der Waals surface area contributed by atoms with E-state index < -0.39 is 15.8 Å². The summed E-state index contributed by atoms with van der Waals surface area (Å²) >= 11 is 0. The lowest BCUT2D eigenvalue weighted by Crippen LogP contribution is -2.48. The monoisotopic (exact) mass is 328 g/mol. The van der Waals surface area contributed by atoms with Gasteiger partial charge in [-0.1, -0.05) is 0 Å². The maximum absolute atomic E-state index is 13.8. The molecule has 0 saturated carbocycles. The molecule has 5 nitrogen and oxygen atoms in total. The molecular weight excluding hydrogens is 307 g/mol. The van der Waals surface area contributed by atoms with Gasteiger partial charge < -0.3 is 10.1 Å². The third-order valence-electron chi connectivity index (χ3n) is 4.76. The van der Waals surface area contributed by atoms with Gasteiger partial charge in [-0.15, -0.1) is 0 Å². The number of hydrogen-bond acceptors (Lipinski definition) is 4. The molecule has 3 rings (SSSR count). The highest BCUT2D eigenvalue weighted by molar-refractivity contribution is 7.89. The van der Waals surface area contributed by atoms with Crippen LogP contribution in [0.1, 0.15) is 25.7 Å². The highest BCUT2D eigenvalue weighted by atomic mass is 32.2. The van der Waals surface area contributed by atoms with Crippen LogP contribution in [0.4, 0.5) is 4.39 Å². The lowest BCUT2D eigenvalue weighted by Gasteiger charge is -2.34. The van der Waals surface area contributed by atoms with E-state index in [0.717, 1.165) is 31.7 Å². The number of rotatable bonds is 4. The van der Waals surface area contributed by atoms with Gasteiger partial charge in [0.1, 0.15) is 0 Å². The molecule has 1 aromatic rings. The quantitative estimate of drug-likeness (QED) is 0.915. The summed E-state index contributed by atoms with van der Waals surface area (Å²) in [6.07, 6.45) is 3.83. The van der Waals surface area contributed by atoms with Crippen molar-refractivity contribution in [2.45, 2.75) is 48.7 Å². The molecular formula is C15H21FN2O3S. The van der Waals surface area contributed by atoms with Crippen LogP contribution in [0, 0.1) is 5.82 Å². The van der Waals surface area contributed by atoms with Crippen molar-refractivity contribution in [3.63, 3.8) is 0 Å². The van der Waals surface area contributed by atoms with Crippen molar-refractivity contribution in [2.75, 3.05) is 14.2 Å². The average molecular weight is 328 g/mol. The Kier molecular flexibility index (Phi) is 4.13. The van der Waals surface area contributed by atoms with Crippen LogP contribution in [-0.4, -0.2) is 45.0 Å². The fraction of sp³-hybridized carbons (Fsp3) is 0.600. The Morgan fingerprint density at radius 1 is 1.27 bits per heavy atom. The fourth-order valence-corrected chi connectivity index (χ4v) is 4.88. The van der Waals surface area contributed by atoms with Crippen molar-refractivity contribution in [1.82, 2.24) is 9.62 Å². The van der Waals surface area contributed by atoms with Gasteiger partial charge in [-0.05, 0) is 43.9 Å². The molecule has 2 bridgehead atoms.